The van der Waals surface area contributed by atoms with Crippen LogP contribution in [0.15, 0.2) is 47.2 Å². The highest BCUT2D eigenvalue weighted by atomic mass is 79.9. The summed E-state index contributed by atoms with van der Waals surface area (Å²) in [7, 11) is 2.01. The number of nitrogens with one attached hydrogen (secondary N) is 1. The van der Waals surface area contributed by atoms with Gasteiger partial charge >= 0.3 is 0 Å². The SMILES string of the molecule is CNC(c1ccc(C)cc1Br)C(C)c1ccncc1. The largest absolute Gasteiger partial charge is 0.312 e. The van der Waals surface area contributed by atoms with Crippen LogP contribution < -0.4 is 5.32 Å². The minimum Gasteiger partial charge on any atom is -0.312 e. The minimum atomic E-state index is 0.275. The second-order valence-corrected chi connectivity index (χ2v) is 5.71. The molecule has 1 heterocycles. The van der Waals surface area contributed by atoms with Crippen LogP contribution in [0, 0.1) is 6.92 Å². The number of likely N-dealkylation sites (N-methyl/N-ethyl adjacent to an activating group) is 1. The summed E-state index contributed by atoms with van der Waals surface area (Å²) in [4.78, 5) is 4.09. The third-order valence-electron chi connectivity index (χ3n) is 3.53. The van der Waals surface area contributed by atoms with Crippen molar-refractivity contribution in [2.24, 2.45) is 0 Å². The fraction of sp³-hybridized carbons (Fsp3) is 0.312. The first-order valence-electron chi connectivity index (χ1n) is 6.46. The predicted octanol–water partition coefficient (Wildman–Crippen LogP) is 4.22. The summed E-state index contributed by atoms with van der Waals surface area (Å²) >= 11 is 3.68. The Balaban J connectivity index is 2.34. The van der Waals surface area contributed by atoms with Gasteiger partial charge in [-0.25, -0.2) is 0 Å². The molecule has 0 radical (unpaired) electrons. The Morgan fingerprint density at radius 2 is 1.84 bits per heavy atom. The predicted molar refractivity (Wildman–Crippen MR) is 83.3 cm³/mol. The fourth-order valence-corrected chi connectivity index (χ4v) is 3.16. The van der Waals surface area contributed by atoms with Gasteiger partial charge in [-0.1, -0.05) is 35.0 Å². The first-order valence-corrected chi connectivity index (χ1v) is 7.26. The highest BCUT2D eigenvalue weighted by Crippen LogP contribution is 2.34. The van der Waals surface area contributed by atoms with E-state index in [4.69, 9.17) is 0 Å². The molecular formula is C16H19BrN2. The third-order valence-corrected chi connectivity index (χ3v) is 4.22. The molecule has 100 valence electrons. The van der Waals surface area contributed by atoms with Crippen molar-refractivity contribution in [1.82, 2.24) is 10.3 Å². The summed E-state index contributed by atoms with van der Waals surface area (Å²) in [5, 5.41) is 3.43. The lowest BCUT2D eigenvalue weighted by atomic mass is 9.89. The molecule has 0 amide bonds. The zero-order valence-corrected chi connectivity index (χ0v) is 13.1. The van der Waals surface area contributed by atoms with Gasteiger partial charge < -0.3 is 5.32 Å². The summed E-state index contributed by atoms with van der Waals surface area (Å²) in [6.07, 6.45) is 3.70. The van der Waals surface area contributed by atoms with Crippen molar-refractivity contribution in [3.05, 3.63) is 63.9 Å². The number of aromatic nitrogens is 1. The summed E-state index contributed by atoms with van der Waals surface area (Å²) in [5.41, 5.74) is 3.85. The Labute approximate surface area is 123 Å². The Kier molecular flexibility index (Phi) is 4.72. The van der Waals surface area contributed by atoms with Crippen LogP contribution in [-0.2, 0) is 0 Å². The highest BCUT2D eigenvalue weighted by molar-refractivity contribution is 9.10. The minimum absolute atomic E-state index is 0.275. The van der Waals surface area contributed by atoms with Crippen LogP contribution in [0.25, 0.3) is 0 Å². The Morgan fingerprint density at radius 1 is 1.16 bits per heavy atom. The molecule has 2 rings (SSSR count). The lowest BCUT2D eigenvalue weighted by molar-refractivity contribution is 0.506. The second kappa shape index (κ2) is 6.31. The van der Waals surface area contributed by atoms with E-state index in [-0.39, 0.29) is 6.04 Å². The zero-order valence-electron chi connectivity index (χ0n) is 11.5. The Morgan fingerprint density at radius 3 is 2.42 bits per heavy atom. The van der Waals surface area contributed by atoms with Gasteiger partial charge in [-0.05, 0) is 48.9 Å². The molecule has 0 aliphatic carbocycles. The van der Waals surface area contributed by atoms with Crippen LogP contribution in [0.4, 0.5) is 0 Å². The standard InChI is InChI=1S/C16H19BrN2/c1-11-4-5-14(15(17)10-11)16(18-3)12(2)13-6-8-19-9-7-13/h4-10,12,16,18H,1-3H3. The van der Waals surface area contributed by atoms with Gasteiger partial charge in [0.2, 0.25) is 0 Å². The lowest BCUT2D eigenvalue weighted by Crippen LogP contribution is -2.22. The molecule has 0 saturated carbocycles. The third kappa shape index (κ3) is 3.23. The maximum atomic E-state index is 4.09. The van der Waals surface area contributed by atoms with Crippen molar-refractivity contribution in [2.75, 3.05) is 7.05 Å². The van der Waals surface area contributed by atoms with Crippen molar-refractivity contribution in [2.45, 2.75) is 25.8 Å². The summed E-state index contributed by atoms with van der Waals surface area (Å²) in [6, 6.07) is 11.0. The number of nitrogens with zero attached hydrogens (tertiary/aromatic N) is 1. The molecule has 2 unspecified atom stereocenters. The molecule has 2 atom stereocenters. The summed E-state index contributed by atoms with van der Waals surface area (Å²) in [5.74, 6) is 0.381. The molecule has 0 saturated heterocycles. The van der Waals surface area contributed by atoms with Gasteiger partial charge in [0, 0.05) is 28.8 Å². The van der Waals surface area contributed by atoms with Crippen LogP contribution >= 0.6 is 15.9 Å². The molecular weight excluding hydrogens is 300 g/mol. The highest BCUT2D eigenvalue weighted by Gasteiger charge is 2.21. The van der Waals surface area contributed by atoms with Gasteiger partial charge in [-0.3, -0.25) is 4.98 Å². The molecule has 0 bridgehead atoms. The molecule has 2 aromatic rings. The van der Waals surface area contributed by atoms with Crippen molar-refractivity contribution in [3.63, 3.8) is 0 Å². The molecule has 0 fully saturated rings. The van der Waals surface area contributed by atoms with Gasteiger partial charge in [0.15, 0.2) is 0 Å². The molecule has 1 aromatic carbocycles. The fourth-order valence-electron chi connectivity index (χ4n) is 2.42. The lowest BCUT2D eigenvalue weighted by Gasteiger charge is -2.25. The van der Waals surface area contributed by atoms with Gasteiger partial charge in [-0.2, -0.15) is 0 Å². The van der Waals surface area contributed by atoms with E-state index in [1.54, 1.807) is 0 Å². The van der Waals surface area contributed by atoms with Crippen LogP contribution in [-0.4, -0.2) is 12.0 Å². The van der Waals surface area contributed by atoms with E-state index >= 15 is 0 Å². The van der Waals surface area contributed by atoms with Crippen LogP contribution in [0.5, 0.6) is 0 Å². The van der Waals surface area contributed by atoms with Crippen molar-refractivity contribution in [1.29, 1.82) is 0 Å². The average Bonchev–Trinajstić information content (AvgIpc) is 2.42. The molecule has 0 spiro atoms. The quantitative estimate of drug-likeness (QED) is 0.913. The Hall–Kier alpha value is -1.19. The first kappa shape index (κ1) is 14.2. The van der Waals surface area contributed by atoms with E-state index in [1.807, 2.05) is 19.4 Å². The molecule has 0 aliphatic heterocycles. The molecule has 1 aromatic heterocycles. The molecule has 1 N–H and O–H groups in total. The maximum Gasteiger partial charge on any atom is 0.0395 e. The number of benzene rings is 1. The molecule has 19 heavy (non-hydrogen) atoms. The number of aryl methyl sites for hydroxylation is 1. The van der Waals surface area contributed by atoms with Gasteiger partial charge in [0.05, 0.1) is 0 Å². The van der Waals surface area contributed by atoms with Crippen LogP contribution in [0.1, 0.15) is 35.6 Å². The molecule has 2 nitrogen and oxygen atoms in total. The summed E-state index contributed by atoms with van der Waals surface area (Å²) in [6.45, 7) is 4.35. The average molecular weight is 319 g/mol. The first-order chi connectivity index (χ1) is 9.13. The monoisotopic (exact) mass is 318 g/mol. The summed E-state index contributed by atoms with van der Waals surface area (Å²) < 4.78 is 1.16. The van der Waals surface area contributed by atoms with E-state index in [1.165, 1.54) is 16.7 Å². The van der Waals surface area contributed by atoms with Gasteiger partial charge in [0.25, 0.3) is 0 Å². The molecule has 0 aliphatic rings. The number of rotatable bonds is 4. The maximum absolute atomic E-state index is 4.09. The van der Waals surface area contributed by atoms with Crippen molar-refractivity contribution >= 4 is 15.9 Å². The van der Waals surface area contributed by atoms with Crippen molar-refractivity contribution < 1.29 is 0 Å². The van der Waals surface area contributed by atoms with Gasteiger partial charge in [-0.15, -0.1) is 0 Å². The number of halogens is 1. The number of hydrogen-bond acceptors (Lipinski definition) is 2. The van der Waals surface area contributed by atoms with Crippen LogP contribution in [0.2, 0.25) is 0 Å². The van der Waals surface area contributed by atoms with E-state index < -0.39 is 0 Å². The van der Waals surface area contributed by atoms with Crippen molar-refractivity contribution in [3.8, 4) is 0 Å². The van der Waals surface area contributed by atoms with E-state index in [0.29, 0.717) is 5.92 Å². The number of pyridine rings is 1. The van der Waals surface area contributed by atoms with Crippen LogP contribution in [0.3, 0.4) is 0 Å². The topological polar surface area (TPSA) is 24.9 Å². The normalized spacial score (nSPS) is 14.1. The van der Waals surface area contributed by atoms with E-state index in [9.17, 15) is 0 Å². The van der Waals surface area contributed by atoms with E-state index in [2.05, 4.69) is 70.4 Å². The zero-order chi connectivity index (χ0) is 13.8. The Bertz CT molecular complexity index is 540. The number of hydrogen-bond donors (Lipinski definition) is 1. The second-order valence-electron chi connectivity index (χ2n) is 4.86. The van der Waals surface area contributed by atoms with Gasteiger partial charge in [0.1, 0.15) is 0 Å². The smallest absolute Gasteiger partial charge is 0.0395 e. The van der Waals surface area contributed by atoms with E-state index in [0.717, 1.165) is 4.47 Å². The molecule has 3 heteroatoms.